The molecule has 2 aliphatic heterocycles. The lowest BCUT2D eigenvalue weighted by Crippen LogP contribution is -2.43. The lowest BCUT2D eigenvalue weighted by Gasteiger charge is -2.27. The number of amides is 3. The number of aryl methyl sites for hydroxylation is 1. The summed E-state index contributed by atoms with van der Waals surface area (Å²) in [5.74, 6) is 1.40. The summed E-state index contributed by atoms with van der Waals surface area (Å²) in [5.41, 5.74) is 1.53. The molecule has 8 heteroatoms. The Bertz CT molecular complexity index is 848. The number of hydrogen-bond donors (Lipinski definition) is 3. The maximum Gasteiger partial charge on any atom is 0.321 e. The smallest absolute Gasteiger partial charge is 0.321 e. The molecule has 1 aromatic carbocycles. The van der Waals surface area contributed by atoms with E-state index in [4.69, 9.17) is 0 Å². The number of anilines is 1. The average molecular weight is 368 g/mol. The number of hydrogen-bond acceptors (Lipinski definition) is 4. The van der Waals surface area contributed by atoms with Crippen molar-refractivity contribution >= 4 is 17.6 Å². The first-order valence-corrected chi connectivity index (χ1v) is 9.50. The van der Waals surface area contributed by atoms with Crippen molar-refractivity contribution in [2.75, 3.05) is 18.4 Å². The zero-order valence-corrected chi connectivity index (χ0v) is 15.4. The van der Waals surface area contributed by atoms with Gasteiger partial charge in [0.05, 0.1) is 5.92 Å². The van der Waals surface area contributed by atoms with Crippen molar-refractivity contribution in [2.45, 2.75) is 38.6 Å². The van der Waals surface area contributed by atoms with Gasteiger partial charge in [-0.2, -0.15) is 5.10 Å². The molecule has 1 aromatic heterocycles. The summed E-state index contributed by atoms with van der Waals surface area (Å²) in [6, 6.07) is 7.36. The molecule has 2 atom stereocenters. The van der Waals surface area contributed by atoms with Crippen molar-refractivity contribution in [2.24, 2.45) is 5.92 Å². The van der Waals surface area contributed by atoms with E-state index in [0.717, 1.165) is 37.1 Å². The van der Waals surface area contributed by atoms with Crippen LogP contribution in [-0.2, 0) is 11.2 Å². The Morgan fingerprint density at radius 1 is 1.33 bits per heavy atom. The van der Waals surface area contributed by atoms with Crippen LogP contribution in [0.2, 0.25) is 0 Å². The maximum absolute atomic E-state index is 12.8. The fourth-order valence-corrected chi connectivity index (χ4v) is 3.74. The van der Waals surface area contributed by atoms with Gasteiger partial charge in [-0.3, -0.25) is 9.89 Å². The lowest BCUT2D eigenvalue weighted by atomic mass is 9.99. The number of urea groups is 1. The molecule has 2 aromatic rings. The molecule has 2 saturated heterocycles. The number of likely N-dealkylation sites (tertiary alicyclic amines) is 1. The minimum Gasteiger partial charge on any atom is -0.351 e. The Hall–Kier alpha value is -2.90. The van der Waals surface area contributed by atoms with Gasteiger partial charge in [0.25, 0.3) is 0 Å². The third kappa shape index (κ3) is 3.79. The number of nitrogens with zero attached hydrogens (tertiary/aromatic N) is 3. The van der Waals surface area contributed by atoms with Crippen molar-refractivity contribution in [3.8, 4) is 11.4 Å². The number of aromatic amines is 1. The van der Waals surface area contributed by atoms with Crippen LogP contribution in [-0.4, -0.2) is 51.2 Å². The fraction of sp³-hybridized carbons (Fsp3) is 0.474. The van der Waals surface area contributed by atoms with Gasteiger partial charge in [0, 0.05) is 36.8 Å². The van der Waals surface area contributed by atoms with E-state index in [-0.39, 0.29) is 23.9 Å². The molecule has 0 radical (unpaired) electrons. The van der Waals surface area contributed by atoms with E-state index in [1.807, 2.05) is 31.2 Å². The standard InChI is InChI=1S/C19H24N6O2/c1-2-16-22-17(24-23-16)12-5-3-7-14(9-12)21-19(27)25-10-13-6-4-8-15(11-25)20-18(13)26/h3,5,7,9,13,15H,2,4,6,8,10-11H2,1H3,(H,20,26)(H,21,27)(H,22,23,24)/t13-,15+/m1/s1. The van der Waals surface area contributed by atoms with Gasteiger partial charge < -0.3 is 15.5 Å². The van der Waals surface area contributed by atoms with Crippen LogP contribution in [0.15, 0.2) is 24.3 Å². The number of carbonyl (C=O) groups is 2. The molecule has 3 amide bonds. The molecule has 2 aliphatic rings. The Morgan fingerprint density at radius 3 is 3.04 bits per heavy atom. The van der Waals surface area contributed by atoms with Gasteiger partial charge in [0.1, 0.15) is 5.82 Å². The first kappa shape index (κ1) is 17.5. The van der Waals surface area contributed by atoms with Gasteiger partial charge in [0.2, 0.25) is 5.91 Å². The quantitative estimate of drug-likeness (QED) is 0.772. The molecule has 0 unspecified atom stereocenters. The number of H-pyrrole nitrogens is 1. The number of nitrogens with one attached hydrogen (secondary N) is 3. The highest BCUT2D eigenvalue weighted by molar-refractivity contribution is 5.91. The predicted octanol–water partition coefficient (Wildman–Crippen LogP) is 2.17. The Balaban J connectivity index is 1.48. The maximum atomic E-state index is 12.8. The molecule has 142 valence electrons. The average Bonchev–Trinajstić information content (AvgIpc) is 2.99. The van der Waals surface area contributed by atoms with Gasteiger partial charge >= 0.3 is 6.03 Å². The lowest BCUT2D eigenvalue weighted by molar-refractivity contribution is -0.124. The van der Waals surface area contributed by atoms with E-state index in [9.17, 15) is 9.59 Å². The van der Waals surface area contributed by atoms with Crippen LogP contribution >= 0.6 is 0 Å². The monoisotopic (exact) mass is 368 g/mol. The number of fused-ring (bicyclic) bond motifs is 3. The van der Waals surface area contributed by atoms with Crippen molar-refractivity contribution in [1.29, 1.82) is 0 Å². The van der Waals surface area contributed by atoms with Gasteiger partial charge in [-0.1, -0.05) is 25.5 Å². The second kappa shape index (κ2) is 7.38. The molecule has 0 saturated carbocycles. The first-order valence-electron chi connectivity index (χ1n) is 9.50. The highest BCUT2D eigenvalue weighted by Gasteiger charge is 2.34. The van der Waals surface area contributed by atoms with Gasteiger partial charge in [-0.25, -0.2) is 9.78 Å². The van der Waals surface area contributed by atoms with E-state index in [1.54, 1.807) is 4.90 Å². The fourth-order valence-electron chi connectivity index (χ4n) is 3.74. The minimum atomic E-state index is -0.176. The largest absolute Gasteiger partial charge is 0.351 e. The molecule has 8 nitrogen and oxygen atoms in total. The van der Waals surface area contributed by atoms with Crippen LogP contribution < -0.4 is 10.6 Å². The number of rotatable bonds is 3. The molecule has 0 spiro atoms. The summed E-state index contributed by atoms with van der Waals surface area (Å²) in [6.07, 6.45) is 3.58. The summed E-state index contributed by atoms with van der Waals surface area (Å²) in [7, 11) is 0. The molecule has 2 bridgehead atoms. The zero-order chi connectivity index (χ0) is 18.8. The van der Waals surface area contributed by atoms with Crippen LogP contribution in [0.3, 0.4) is 0 Å². The Kier molecular flexibility index (Phi) is 4.79. The molecule has 0 aliphatic carbocycles. The van der Waals surface area contributed by atoms with E-state index >= 15 is 0 Å². The van der Waals surface area contributed by atoms with Crippen molar-refractivity contribution in [1.82, 2.24) is 25.4 Å². The molecular formula is C19H24N6O2. The number of aromatic nitrogens is 3. The van der Waals surface area contributed by atoms with Crippen LogP contribution in [0.1, 0.15) is 32.0 Å². The highest BCUT2D eigenvalue weighted by Crippen LogP contribution is 2.23. The van der Waals surface area contributed by atoms with Crippen LogP contribution in [0, 0.1) is 5.92 Å². The third-order valence-corrected chi connectivity index (χ3v) is 5.23. The van der Waals surface area contributed by atoms with Crippen molar-refractivity contribution in [3.63, 3.8) is 0 Å². The second-order valence-electron chi connectivity index (χ2n) is 7.21. The topological polar surface area (TPSA) is 103 Å². The highest BCUT2D eigenvalue weighted by atomic mass is 16.2. The van der Waals surface area contributed by atoms with E-state index in [2.05, 4.69) is 25.8 Å². The van der Waals surface area contributed by atoms with Crippen molar-refractivity contribution < 1.29 is 9.59 Å². The second-order valence-corrected chi connectivity index (χ2v) is 7.21. The number of benzene rings is 1. The zero-order valence-electron chi connectivity index (χ0n) is 15.4. The summed E-state index contributed by atoms with van der Waals surface area (Å²) in [5, 5.41) is 13.1. The summed E-state index contributed by atoms with van der Waals surface area (Å²) in [4.78, 5) is 31.1. The predicted molar refractivity (Wildman–Crippen MR) is 101 cm³/mol. The summed E-state index contributed by atoms with van der Waals surface area (Å²) < 4.78 is 0. The molecule has 3 heterocycles. The van der Waals surface area contributed by atoms with Gasteiger partial charge in [-0.15, -0.1) is 0 Å². The molecule has 2 fully saturated rings. The Labute approximate surface area is 157 Å². The number of carbonyl (C=O) groups excluding carboxylic acids is 2. The van der Waals surface area contributed by atoms with E-state index in [1.165, 1.54) is 0 Å². The molecular weight excluding hydrogens is 344 g/mol. The third-order valence-electron chi connectivity index (χ3n) is 5.23. The van der Waals surface area contributed by atoms with Crippen LogP contribution in [0.5, 0.6) is 0 Å². The Morgan fingerprint density at radius 2 is 2.22 bits per heavy atom. The molecule has 4 rings (SSSR count). The minimum absolute atomic E-state index is 0.0443. The van der Waals surface area contributed by atoms with Crippen LogP contribution in [0.4, 0.5) is 10.5 Å². The summed E-state index contributed by atoms with van der Waals surface area (Å²) >= 11 is 0. The van der Waals surface area contributed by atoms with Crippen LogP contribution in [0.25, 0.3) is 11.4 Å². The van der Waals surface area contributed by atoms with Gasteiger partial charge in [0.15, 0.2) is 5.82 Å². The summed E-state index contributed by atoms with van der Waals surface area (Å²) in [6.45, 7) is 3.03. The molecule has 27 heavy (non-hydrogen) atoms. The first-order chi connectivity index (χ1) is 13.1. The van der Waals surface area contributed by atoms with Gasteiger partial charge in [-0.05, 0) is 25.0 Å². The SMILES string of the molecule is CCc1nc(-c2cccc(NC(=O)N3C[C@@H]4CCC[C@H](C3)C(=O)N4)c2)n[nH]1. The van der Waals surface area contributed by atoms with Crippen molar-refractivity contribution in [3.05, 3.63) is 30.1 Å². The normalized spacial score (nSPS) is 22.1. The molecule has 3 N–H and O–H groups in total. The van der Waals surface area contributed by atoms with E-state index in [0.29, 0.717) is 24.6 Å². The van der Waals surface area contributed by atoms with E-state index < -0.39 is 0 Å².